The van der Waals surface area contributed by atoms with Crippen molar-refractivity contribution >= 4 is 22.7 Å². The molecular weight excluding hydrogens is 503 g/mol. The van der Waals surface area contributed by atoms with Crippen LogP contribution in [0.3, 0.4) is 0 Å². The third-order valence-electron chi connectivity index (χ3n) is 5.60. The lowest BCUT2D eigenvalue weighted by atomic mass is 10.1. The van der Waals surface area contributed by atoms with Gasteiger partial charge in [-0.1, -0.05) is 84.3 Å². The molecule has 0 bridgehead atoms. The molecule has 4 rings (SSSR count). The van der Waals surface area contributed by atoms with Crippen LogP contribution in [-0.2, 0) is 25.7 Å². The zero-order chi connectivity index (χ0) is 26.7. The van der Waals surface area contributed by atoms with E-state index >= 15 is 0 Å². The zero-order valence-electron chi connectivity index (χ0n) is 21.7. The molecule has 0 aliphatic heterocycles. The maximum Gasteiger partial charge on any atom is 0.0696 e. The monoisotopic (exact) mass is 535 g/mol. The second kappa shape index (κ2) is 17.8. The Hall–Kier alpha value is -3.59. The topological polar surface area (TPSA) is 44.0 Å². The first kappa shape index (κ1) is 29.0. The van der Waals surface area contributed by atoms with Crippen LogP contribution in [0.25, 0.3) is 0 Å². The summed E-state index contributed by atoms with van der Waals surface area (Å²) in [7, 11) is 0. The molecule has 2 aromatic carbocycles. The van der Waals surface area contributed by atoms with E-state index in [-0.39, 0.29) is 6.61 Å². The maximum absolute atomic E-state index is 8.85. The zero-order valence-corrected chi connectivity index (χ0v) is 23.3. The molecule has 1 N–H and O–H groups in total. The van der Waals surface area contributed by atoms with Crippen LogP contribution < -0.4 is 0 Å². The number of aliphatic hydroxyl groups excluding tert-OH is 1. The quantitative estimate of drug-likeness (QED) is 0.175. The summed E-state index contributed by atoms with van der Waals surface area (Å²) in [4.78, 5) is 2.30. The number of rotatable bonds is 9. The van der Waals surface area contributed by atoms with Gasteiger partial charge in [-0.15, -0.1) is 22.7 Å². The van der Waals surface area contributed by atoms with E-state index < -0.39 is 0 Å². The van der Waals surface area contributed by atoms with Crippen molar-refractivity contribution in [1.82, 2.24) is 0 Å². The first-order chi connectivity index (χ1) is 18.8. The Morgan fingerprint density at radius 3 is 1.66 bits per heavy atom. The summed E-state index contributed by atoms with van der Waals surface area (Å²) in [5, 5.41) is 21.5. The third-order valence-corrected chi connectivity index (χ3v) is 7.54. The smallest absolute Gasteiger partial charge is 0.0696 e. The van der Waals surface area contributed by atoms with Crippen molar-refractivity contribution in [2.45, 2.75) is 51.4 Å². The molecule has 0 fully saturated rings. The molecule has 0 aliphatic carbocycles. The average Bonchev–Trinajstić information content (AvgIpc) is 3.60. The average molecular weight is 536 g/mol. The van der Waals surface area contributed by atoms with Gasteiger partial charge in [0, 0.05) is 57.5 Å². The van der Waals surface area contributed by atoms with Crippen molar-refractivity contribution in [2.24, 2.45) is 0 Å². The third kappa shape index (κ3) is 11.6. The molecule has 0 radical (unpaired) electrons. The van der Waals surface area contributed by atoms with Crippen LogP contribution in [0.2, 0.25) is 0 Å². The first-order valence-corrected chi connectivity index (χ1v) is 14.7. The number of thiophene rings is 2. The van der Waals surface area contributed by atoms with Gasteiger partial charge in [-0.05, 0) is 48.9 Å². The SMILES string of the molecule is N#CCc1cc(C#CCCCc2ccccc2)cs1.OCCc1cc(C#CCCCc2ccccc2)cs1. The van der Waals surface area contributed by atoms with Crippen molar-refractivity contribution in [3.8, 4) is 29.8 Å². The Kier molecular flexibility index (Phi) is 13.6. The predicted molar refractivity (Wildman–Crippen MR) is 161 cm³/mol. The van der Waals surface area contributed by atoms with E-state index in [4.69, 9.17) is 10.4 Å². The van der Waals surface area contributed by atoms with Crippen molar-refractivity contribution in [2.75, 3.05) is 6.61 Å². The summed E-state index contributed by atoms with van der Waals surface area (Å²) in [6, 6.07) is 27.3. The first-order valence-electron chi connectivity index (χ1n) is 12.9. The highest BCUT2D eigenvalue weighted by Crippen LogP contribution is 2.15. The molecule has 0 aliphatic rings. The second-order valence-corrected chi connectivity index (χ2v) is 10.7. The molecule has 0 amide bonds. The van der Waals surface area contributed by atoms with Crippen LogP contribution in [0, 0.1) is 35.0 Å². The van der Waals surface area contributed by atoms with Crippen LogP contribution >= 0.6 is 22.7 Å². The van der Waals surface area contributed by atoms with Crippen LogP contribution in [0.1, 0.15) is 57.7 Å². The molecule has 0 saturated carbocycles. The highest BCUT2D eigenvalue weighted by Gasteiger charge is 1.97. The van der Waals surface area contributed by atoms with E-state index in [0.717, 1.165) is 60.9 Å². The van der Waals surface area contributed by atoms with Gasteiger partial charge in [0.2, 0.25) is 0 Å². The largest absolute Gasteiger partial charge is 0.396 e. The standard InChI is InChI=1S/C17H15NS.C17H18OS/c2*18-12-11-17-13-16(14-19-17)10-6-2-5-9-15-7-3-1-4-8-15/h1,3-4,7-8,13-14H,2,5,9,11H2;1,3-4,7-8,13-14,18H,2,5,9,11-12H2. The highest BCUT2D eigenvalue weighted by atomic mass is 32.1. The van der Waals surface area contributed by atoms with Crippen LogP contribution in [-0.4, -0.2) is 11.7 Å². The lowest BCUT2D eigenvalue weighted by molar-refractivity contribution is 0.300. The van der Waals surface area contributed by atoms with Crippen molar-refractivity contribution in [1.29, 1.82) is 5.26 Å². The van der Waals surface area contributed by atoms with E-state index in [1.54, 1.807) is 22.7 Å². The minimum atomic E-state index is 0.213. The number of hydrogen-bond acceptors (Lipinski definition) is 4. The van der Waals surface area contributed by atoms with Gasteiger partial charge in [-0.25, -0.2) is 0 Å². The highest BCUT2D eigenvalue weighted by molar-refractivity contribution is 7.10. The van der Waals surface area contributed by atoms with Crippen LogP contribution in [0.4, 0.5) is 0 Å². The van der Waals surface area contributed by atoms with Crippen LogP contribution in [0.5, 0.6) is 0 Å². The van der Waals surface area contributed by atoms with Crippen LogP contribution in [0.15, 0.2) is 83.6 Å². The number of aliphatic hydroxyl groups is 1. The minimum absolute atomic E-state index is 0.213. The van der Waals surface area contributed by atoms with Gasteiger partial charge in [0.05, 0.1) is 12.5 Å². The van der Waals surface area contributed by atoms with E-state index in [2.05, 4.69) is 89.7 Å². The van der Waals surface area contributed by atoms with E-state index in [9.17, 15) is 0 Å². The summed E-state index contributed by atoms with van der Waals surface area (Å²) in [6.45, 7) is 0.213. The molecule has 0 spiro atoms. The fraction of sp³-hybridized carbons (Fsp3) is 0.265. The van der Waals surface area contributed by atoms with Crippen molar-refractivity contribution < 1.29 is 5.11 Å². The maximum atomic E-state index is 8.85. The molecule has 2 heterocycles. The molecule has 192 valence electrons. The Labute approximate surface area is 235 Å². The second-order valence-electron chi connectivity index (χ2n) is 8.69. The number of benzene rings is 2. The molecule has 4 heteroatoms. The van der Waals surface area contributed by atoms with Gasteiger partial charge in [-0.2, -0.15) is 5.26 Å². The Balaban J connectivity index is 0.000000211. The number of nitrogens with zero attached hydrogens (tertiary/aromatic N) is 1. The van der Waals surface area contributed by atoms with E-state index in [1.165, 1.54) is 16.0 Å². The minimum Gasteiger partial charge on any atom is -0.396 e. The molecular formula is C34H33NOS2. The van der Waals surface area contributed by atoms with Crippen molar-refractivity contribution in [3.63, 3.8) is 0 Å². The van der Waals surface area contributed by atoms with Gasteiger partial charge in [0.15, 0.2) is 0 Å². The Bertz CT molecular complexity index is 1370. The summed E-state index contributed by atoms with van der Waals surface area (Å²) in [6.07, 6.45) is 7.43. The molecule has 2 aromatic heterocycles. The molecule has 38 heavy (non-hydrogen) atoms. The Morgan fingerprint density at radius 1 is 0.658 bits per heavy atom. The summed E-state index contributed by atoms with van der Waals surface area (Å²) < 4.78 is 0. The molecule has 0 unspecified atom stereocenters. The molecule has 0 atom stereocenters. The normalized spacial score (nSPS) is 9.68. The van der Waals surface area contributed by atoms with Gasteiger partial charge in [-0.3, -0.25) is 0 Å². The molecule has 4 aromatic rings. The molecule has 0 saturated heterocycles. The fourth-order valence-corrected chi connectivity index (χ4v) is 5.24. The predicted octanol–water partition coefficient (Wildman–Crippen LogP) is 7.85. The van der Waals surface area contributed by atoms with Gasteiger partial charge >= 0.3 is 0 Å². The Morgan fingerprint density at radius 2 is 1.16 bits per heavy atom. The van der Waals surface area contributed by atoms with Gasteiger partial charge < -0.3 is 5.11 Å². The number of aryl methyl sites for hydroxylation is 2. The fourth-order valence-electron chi connectivity index (χ4n) is 3.68. The summed E-state index contributed by atoms with van der Waals surface area (Å²) in [5.41, 5.74) is 4.87. The number of unbranched alkanes of at least 4 members (excludes halogenated alkanes) is 2. The summed E-state index contributed by atoms with van der Waals surface area (Å²) in [5.74, 6) is 12.8. The number of hydrogen-bond donors (Lipinski definition) is 1. The van der Waals surface area contributed by atoms with E-state index in [1.807, 2.05) is 23.6 Å². The van der Waals surface area contributed by atoms with Crippen molar-refractivity contribution in [3.05, 3.63) is 116 Å². The lowest BCUT2D eigenvalue weighted by Gasteiger charge is -1.96. The number of nitriles is 1. The van der Waals surface area contributed by atoms with Gasteiger partial charge in [0.1, 0.15) is 0 Å². The van der Waals surface area contributed by atoms with Gasteiger partial charge in [0.25, 0.3) is 0 Å². The molecule has 2 nitrogen and oxygen atoms in total. The lowest BCUT2D eigenvalue weighted by Crippen LogP contribution is -1.85. The summed E-state index contributed by atoms with van der Waals surface area (Å²) >= 11 is 3.28. The van der Waals surface area contributed by atoms with E-state index in [0.29, 0.717) is 6.42 Å².